The molecule has 194 valence electrons. The Morgan fingerprint density at radius 3 is 2.54 bits per heavy atom. The van der Waals surface area contributed by atoms with Crippen LogP contribution in [-0.2, 0) is 23.1 Å². The van der Waals surface area contributed by atoms with Crippen LogP contribution in [0.4, 0.5) is 25.2 Å². The van der Waals surface area contributed by atoms with Crippen LogP contribution < -0.4 is 16.0 Å². The molecule has 1 aromatic carbocycles. The number of carbonyl (C=O) groups excluding carboxylic acids is 3. The summed E-state index contributed by atoms with van der Waals surface area (Å²) in [6, 6.07) is 5.65. The molecule has 1 unspecified atom stereocenters. The van der Waals surface area contributed by atoms with Crippen LogP contribution in [-0.4, -0.2) is 50.6 Å². The molecule has 3 N–H and O–H groups in total. The zero-order valence-electron chi connectivity index (χ0n) is 20.6. The van der Waals surface area contributed by atoms with E-state index >= 15 is 0 Å². The molecular weight excluding hydrogens is 484 g/mol. The number of nitrogens with one attached hydrogen (secondary N) is 1. The minimum Gasteiger partial charge on any atom is -0.384 e. The van der Waals surface area contributed by atoms with Crippen molar-refractivity contribution in [3.05, 3.63) is 71.6 Å². The van der Waals surface area contributed by atoms with Crippen molar-refractivity contribution in [1.29, 1.82) is 0 Å². The normalized spacial score (nSPS) is 17.8. The first-order valence-electron chi connectivity index (χ1n) is 11.7. The van der Waals surface area contributed by atoms with E-state index in [0.29, 0.717) is 23.4 Å². The Bertz CT molecular complexity index is 1350. The number of hydrogen-bond donors (Lipinski definition) is 2. The largest absolute Gasteiger partial charge is 0.384 e. The summed E-state index contributed by atoms with van der Waals surface area (Å²) in [5, 5.41) is 6.76. The van der Waals surface area contributed by atoms with Crippen LogP contribution in [0.3, 0.4) is 0 Å². The van der Waals surface area contributed by atoms with Gasteiger partial charge in [0.05, 0.1) is 18.2 Å². The summed E-state index contributed by atoms with van der Waals surface area (Å²) in [5.74, 6) is -3.15. The number of anilines is 2. The van der Waals surface area contributed by atoms with Gasteiger partial charge in [0.2, 0.25) is 5.91 Å². The van der Waals surface area contributed by atoms with E-state index in [1.807, 2.05) is 0 Å². The SMILES string of the molecule is CCC(NC(=O)N1C(=O)[C@H](Cc2ccnc(N)c2)[C@H]1C(=O)N(C)c1ccnn1C)c1ccc(F)c(F)c1. The number of aryl methyl sites for hydroxylation is 1. The van der Waals surface area contributed by atoms with E-state index in [0.717, 1.165) is 17.0 Å². The summed E-state index contributed by atoms with van der Waals surface area (Å²) < 4.78 is 28.7. The Morgan fingerprint density at radius 1 is 1.16 bits per heavy atom. The molecular formula is C25H27F2N7O3. The highest BCUT2D eigenvalue weighted by atomic mass is 19.2. The van der Waals surface area contributed by atoms with Crippen LogP contribution in [0, 0.1) is 17.6 Å². The van der Waals surface area contributed by atoms with Crippen molar-refractivity contribution < 1.29 is 23.2 Å². The molecule has 37 heavy (non-hydrogen) atoms. The number of rotatable bonds is 7. The Hall–Kier alpha value is -4.35. The van der Waals surface area contributed by atoms with Gasteiger partial charge in [-0.25, -0.2) is 18.6 Å². The van der Waals surface area contributed by atoms with Crippen LogP contribution in [0.25, 0.3) is 0 Å². The second-order valence-electron chi connectivity index (χ2n) is 8.85. The number of nitrogen functional groups attached to an aromatic ring is 1. The molecule has 1 saturated heterocycles. The molecule has 0 spiro atoms. The number of amides is 4. The van der Waals surface area contributed by atoms with Gasteiger partial charge >= 0.3 is 6.03 Å². The first-order valence-corrected chi connectivity index (χ1v) is 11.7. The van der Waals surface area contributed by atoms with Crippen molar-refractivity contribution in [3.63, 3.8) is 0 Å². The Morgan fingerprint density at radius 2 is 1.92 bits per heavy atom. The number of nitrogens with two attached hydrogens (primary N) is 1. The highest BCUT2D eigenvalue weighted by Gasteiger charge is 2.55. The quantitative estimate of drug-likeness (QED) is 0.470. The van der Waals surface area contributed by atoms with Gasteiger partial charge in [0, 0.05) is 26.4 Å². The van der Waals surface area contributed by atoms with Crippen LogP contribution in [0.5, 0.6) is 0 Å². The molecule has 0 saturated carbocycles. The van der Waals surface area contributed by atoms with E-state index in [4.69, 9.17) is 5.73 Å². The molecule has 4 rings (SSSR count). The fraction of sp³-hybridized carbons (Fsp3) is 0.320. The first kappa shape index (κ1) is 25.7. The number of aromatic nitrogens is 3. The van der Waals surface area contributed by atoms with Crippen molar-refractivity contribution in [1.82, 2.24) is 25.0 Å². The third-order valence-electron chi connectivity index (χ3n) is 6.51. The minimum absolute atomic E-state index is 0.172. The number of benzene rings is 1. The van der Waals surface area contributed by atoms with E-state index in [1.54, 1.807) is 32.2 Å². The van der Waals surface area contributed by atoms with Gasteiger partial charge < -0.3 is 11.1 Å². The third kappa shape index (κ3) is 4.99. The maximum atomic E-state index is 13.8. The minimum atomic E-state index is -1.11. The first-order chi connectivity index (χ1) is 17.6. The lowest BCUT2D eigenvalue weighted by Crippen LogP contribution is -2.70. The van der Waals surface area contributed by atoms with Gasteiger partial charge in [-0.1, -0.05) is 13.0 Å². The zero-order valence-corrected chi connectivity index (χ0v) is 20.6. The van der Waals surface area contributed by atoms with Gasteiger partial charge in [0.1, 0.15) is 17.7 Å². The lowest BCUT2D eigenvalue weighted by atomic mass is 9.81. The van der Waals surface area contributed by atoms with Crippen LogP contribution in [0.2, 0.25) is 0 Å². The predicted octanol–water partition coefficient (Wildman–Crippen LogP) is 2.57. The number of halogens is 2. The molecule has 10 nitrogen and oxygen atoms in total. The Balaban J connectivity index is 1.61. The molecule has 3 aromatic rings. The van der Waals surface area contributed by atoms with E-state index < -0.39 is 47.5 Å². The fourth-order valence-corrected chi connectivity index (χ4v) is 4.51. The Kier molecular flexibility index (Phi) is 7.18. The lowest BCUT2D eigenvalue weighted by Gasteiger charge is -2.46. The van der Waals surface area contributed by atoms with Crippen molar-refractivity contribution in [3.8, 4) is 0 Å². The van der Waals surface area contributed by atoms with Gasteiger partial charge in [0.25, 0.3) is 5.91 Å². The van der Waals surface area contributed by atoms with Gasteiger partial charge in [-0.05, 0) is 48.2 Å². The molecule has 4 amide bonds. The van der Waals surface area contributed by atoms with Crippen molar-refractivity contribution in [2.45, 2.75) is 31.8 Å². The van der Waals surface area contributed by atoms with E-state index in [9.17, 15) is 23.2 Å². The number of β-lactam (4-membered cyclic amide) rings is 1. The molecule has 12 heteroatoms. The van der Waals surface area contributed by atoms with Crippen LogP contribution in [0.1, 0.15) is 30.5 Å². The van der Waals surface area contributed by atoms with Gasteiger partial charge in [0.15, 0.2) is 11.6 Å². The van der Waals surface area contributed by atoms with E-state index in [1.165, 1.54) is 35.1 Å². The zero-order chi connectivity index (χ0) is 26.9. The summed E-state index contributed by atoms with van der Waals surface area (Å²) in [4.78, 5) is 46.2. The summed E-state index contributed by atoms with van der Waals surface area (Å²) in [5.41, 5.74) is 6.80. The smallest absolute Gasteiger partial charge is 0.325 e. The second kappa shape index (κ2) is 10.3. The van der Waals surface area contributed by atoms with Crippen molar-refractivity contribution in [2.24, 2.45) is 13.0 Å². The number of nitrogens with zero attached hydrogens (tertiary/aromatic N) is 5. The van der Waals surface area contributed by atoms with E-state index in [2.05, 4.69) is 15.4 Å². The van der Waals surface area contributed by atoms with E-state index in [-0.39, 0.29) is 12.2 Å². The number of carbonyl (C=O) groups is 3. The molecule has 2 aromatic heterocycles. The maximum absolute atomic E-state index is 13.8. The van der Waals surface area contributed by atoms with Gasteiger partial charge in [-0.3, -0.25) is 24.1 Å². The average molecular weight is 512 g/mol. The summed E-state index contributed by atoms with van der Waals surface area (Å²) in [7, 11) is 3.20. The van der Waals surface area contributed by atoms with Crippen molar-refractivity contribution in [2.75, 3.05) is 17.7 Å². The predicted molar refractivity (Wildman–Crippen MR) is 131 cm³/mol. The van der Waals surface area contributed by atoms with Gasteiger partial charge in [-0.15, -0.1) is 0 Å². The summed E-state index contributed by atoms with van der Waals surface area (Å²) in [6.45, 7) is 1.75. The van der Waals surface area contributed by atoms with Crippen molar-refractivity contribution >= 4 is 29.5 Å². The Labute approximate surface area is 212 Å². The molecule has 3 atom stereocenters. The molecule has 1 aliphatic heterocycles. The number of pyridine rings is 1. The molecule has 0 aliphatic carbocycles. The lowest BCUT2D eigenvalue weighted by molar-refractivity contribution is -0.156. The third-order valence-corrected chi connectivity index (χ3v) is 6.51. The topological polar surface area (TPSA) is 126 Å². The number of imide groups is 1. The highest BCUT2D eigenvalue weighted by molar-refractivity contribution is 6.12. The monoisotopic (exact) mass is 511 g/mol. The summed E-state index contributed by atoms with van der Waals surface area (Å²) >= 11 is 0. The molecule has 1 fully saturated rings. The van der Waals surface area contributed by atoms with Gasteiger partial charge in [-0.2, -0.15) is 5.10 Å². The molecule has 0 bridgehead atoms. The standard InChI is InChI=1S/C25H27F2N7O3/c1-4-19(15-5-6-17(26)18(27)13-15)31-25(37)34-22(24(36)32(2)21-8-10-30-33(21)3)16(23(34)35)11-14-7-9-29-20(28)12-14/h5-10,12-13,16,19,22H,4,11H2,1-3H3,(H2,28,29)(H,31,37)/t16-,19?,22+/m1/s1. The number of hydrogen-bond acceptors (Lipinski definition) is 6. The summed E-state index contributed by atoms with van der Waals surface area (Å²) in [6.07, 6.45) is 3.54. The number of urea groups is 1. The van der Waals surface area contributed by atoms with Crippen LogP contribution >= 0.6 is 0 Å². The number of likely N-dealkylation sites (tertiary alicyclic amines) is 1. The highest BCUT2D eigenvalue weighted by Crippen LogP contribution is 2.33. The fourth-order valence-electron chi connectivity index (χ4n) is 4.51. The molecule has 1 aliphatic rings. The molecule has 0 radical (unpaired) electrons. The molecule has 3 heterocycles. The van der Waals surface area contributed by atoms with Crippen LogP contribution in [0.15, 0.2) is 48.8 Å². The maximum Gasteiger partial charge on any atom is 0.325 e. The number of likely N-dealkylation sites (N-methyl/N-ethyl adjacent to an activating group) is 1. The second-order valence-corrected chi connectivity index (χ2v) is 8.85. The average Bonchev–Trinajstić information content (AvgIpc) is 3.30.